The van der Waals surface area contributed by atoms with Crippen molar-refractivity contribution in [2.75, 3.05) is 6.61 Å². The van der Waals surface area contributed by atoms with Gasteiger partial charge in [-0.05, 0) is 29.8 Å². The molecule has 1 saturated heterocycles. The minimum Gasteiger partial charge on any atom is -0.508 e. The van der Waals surface area contributed by atoms with Crippen molar-refractivity contribution < 1.29 is 50.0 Å². The molecule has 1 fully saturated rings. The largest absolute Gasteiger partial charge is 0.508 e. The number of aliphatic hydroxyl groups is 4. The first-order valence-electron chi connectivity index (χ1n) is 9.51. The summed E-state index contributed by atoms with van der Waals surface area (Å²) in [6.07, 6.45) is -9.19. The number of carbonyl (C=O) groups excluding carboxylic acids is 1. The van der Waals surface area contributed by atoms with E-state index in [2.05, 4.69) is 0 Å². The Morgan fingerprint density at radius 2 is 1.58 bits per heavy atom. The van der Waals surface area contributed by atoms with Crippen LogP contribution in [0.2, 0.25) is 0 Å². The minimum absolute atomic E-state index is 0.0117. The number of ether oxygens (including phenoxy) is 2. The van der Waals surface area contributed by atoms with Crippen LogP contribution in [0.25, 0.3) is 0 Å². The number of aliphatic hydroxyl groups excluding tert-OH is 4. The van der Waals surface area contributed by atoms with Gasteiger partial charge < -0.3 is 45.2 Å². The summed E-state index contributed by atoms with van der Waals surface area (Å²) in [5.41, 5.74) is 0.408. The van der Waals surface area contributed by atoms with Crippen LogP contribution >= 0.6 is 0 Å². The average molecular weight is 436 g/mol. The molecule has 0 spiro atoms. The summed E-state index contributed by atoms with van der Waals surface area (Å²) in [6, 6.07) is 9.29. The third-order valence-electron chi connectivity index (χ3n) is 5.04. The maximum Gasteiger partial charge on any atom is 0.195 e. The maximum atomic E-state index is 13.1. The van der Waals surface area contributed by atoms with Gasteiger partial charge in [-0.25, -0.2) is 0 Å². The summed E-state index contributed by atoms with van der Waals surface area (Å²) in [5, 5.41) is 68.5. The van der Waals surface area contributed by atoms with Crippen molar-refractivity contribution in [3.05, 3.63) is 53.6 Å². The Morgan fingerprint density at radius 3 is 2.19 bits per heavy atom. The van der Waals surface area contributed by atoms with E-state index in [0.717, 1.165) is 6.07 Å². The zero-order valence-electron chi connectivity index (χ0n) is 16.3. The predicted molar refractivity (Wildman–Crippen MR) is 105 cm³/mol. The quantitative estimate of drug-likeness (QED) is 0.278. The lowest BCUT2D eigenvalue weighted by Gasteiger charge is -2.40. The van der Waals surface area contributed by atoms with Gasteiger partial charge in [0.15, 0.2) is 12.1 Å². The Kier molecular flexibility index (Phi) is 7.11. The average Bonchev–Trinajstić information content (AvgIpc) is 2.74. The Bertz CT molecular complexity index is 898. The molecule has 0 aliphatic carbocycles. The van der Waals surface area contributed by atoms with Crippen molar-refractivity contribution in [3.8, 4) is 17.2 Å². The molecule has 168 valence electrons. The molecule has 1 aliphatic rings. The molecular formula is C21H24O10. The number of hydrogen-bond donors (Lipinski definition) is 7. The Morgan fingerprint density at radius 1 is 0.935 bits per heavy atom. The number of benzene rings is 2. The van der Waals surface area contributed by atoms with E-state index in [9.17, 15) is 40.5 Å². The third-order valence-corrected chi connectivity index (χ3v) is 5.04. The van der Waals surface area contributed by atoms with E-state index in [0.29, 0.717) is 5.56 Å². The third kappa shape index (κ3) is 5.13. The van der Waals surface area contributed by atoms with Crippen molar-refractivity contribution in [3.63, 3.8) is 0 Å². The van der Waals surface area contributed by atoms with E-state index in [4.69, 9.17) is 9.47 Å². The molecule has 2 aromatic rings. The summed E-state index contributed by atoms with van der Waals surface area (Å²) in [5.74, 6) is -1.43. The van der Waals surface area contributed by atoms with E-state index in [1.54, 1.807) is 12.1 Å². The lowest BCUT2D eigenvalue weighted by atomic mass is 9.97. The molecule has 6 atom stereocenters. The Hall–Kier alpha value is -2.73. The first kappa shape index (κ1) is 22.9. The zero-order chi connectivity index (χ0) is 22.7. The highest BCUT2D eigenvalue weighted by atomic mass is 16.7. The van der Waals surface area contributed by atoms with E-state index < -0.39 is 54.9 Å². The van der Waals surface area contributed by atoms with Crippen LogP contribution in [0, 0.1) is 0 Å². The van der Waals surface area contributed by atoms with Gasteiger partial charge in [0, 0.05) is 12.5 Å². The first-order valence-corrected chi connectivity index (χ1v) is 9.51. The van der Waals surface area contributed by atoms with Crippen LogP contribution in [0.4, 0.5) is 0 Å². The fraction of sp³-hybridized carbons (Fsp3) is 0.381. The summed E-state index contributed by atoms with van der Waals surface area (Å²) >= 11 is 0. The van der Waals surface area contributed by atoms with E-state index >= 15 is 0 Å². The fourth-order valence-corrected chi connectivity index (χ4v) is 3.29. The second-order valence-electron chi connectivity index (χ2n) is 7.26. The lowest BCUT2D eigenvalue weighted by molar-refractivity contribution is -0.306. The molecule has 2 aromatic carbocycles. The molecule has 3 rings (SSSR count). The molecule has 7 N–H and O–H groups in total. The number of hydrogen-bond acceptors (Lipinski definition) is 10. The molecule has 0 saturated carbocycles. The topological polar surface area (TPSA) is 177 Å². The van der Waals surface area contributed by atoms with Gasteiger partial charge in [-0.15, -0.1) is 0 Å². The van der Waals surface area contributed by atoms with E-state index in [-0.39, 0.29) is 23.5 Å². The fourth-order valence-electron chi connectivity index (χ4n) is 3.29. The van der Waals surface area contributed by atoms with Gasteiger partial charge in [-0.2, -0.15) is 0 Å². The van der Waals surface area contributed by atoms with Crippen molar-refractivity contribution in [2.24, 2.45) is 0 Å². The number of phenolic OH excluding ortho intramolecular Hbond substituents is 3. The van der Waals surface area contributed by atoms with Gasteiger partial charge in [0.25, 0.3) is 0 Å². The highest BCUT2D eigenvalue weighted by Gasteiger charge is 2.45. The van der Waals surface area contributed by atoms with Crippen LogP contribution < -0.4 is 0 Å². The van der Waals surface area contributed by atoms with Gasteiger partial charge >= 0.3 is 0 Å². The summed E-state index contributed by atoms with van der Waals surface area (Å²) < 4.78 is 11.0. The summed E-state index contributed by atoms with van der Waals surface area (Å²) in [4.78, 5) is 13.1. The second kappa shape index (κ2) is 9.60. The molecule has 0 amide bonds. The molecule has 31 heavy (non-hydrogen) atoms. The van der Waals surface area contributed by atoms with Gasteiger partial charge in [0.1, 0.15) is 47.8 Å². The van der Waals surface area contributed by atoms with Gasteiger partial charge in [-0.3, -0.25) is 4.79 Å². The van der Waals surface area contributed by atoms with Gasteiger partial charge in [0.2, 0.25) is 0 Å². The van der Waals surface area contributed by atoms with Crippen LogP contribution in [0.1, 0.15) is 15.9 Å². The normalized spacial score (nSPS) is 27.0. The number of aromatic hydroxyl groups is 3. The lowest BCUT2D eigenvalue weighted by Crippen LogP contribution is -2.60. The molecule has 0 radical (unpaired) electrons. The number of Topliss-reactive ketones (excluding diaryl/α,β-unsaturated/α-hetero) is 1. The maximum absolute atomic E-state index is 13.1. The molecular weight excluding hydrogens is 412 g/mol. The van der Waals surface area contributed by atoms with Crippen LogP contribution in [-0.2, 0) is 15.9 Å². The molecule has 10 nitrogen and oxygen atoms in total. The smallest absolute Gasteiger partial charge is 0.195 e. The van der Waals surface area contributed by atoms with Crippen LogP contribution in [0.5, 0.6) is 17.2 Å². The second-order valence-corrected chi connectivity index (χ2v) is 7.26. The summed E-state index contributed by atoms with van der Waals surface area (Å²) in [6.45, 7) is -0.667. The van der Waals surface area contributed by atoms with Crippen LogP contribution in [0.3, 0.4) is 0 Å². The number of ketones is 1. The van der Waals surface area contributed by atoms with Crippen molar-refractivity contribution in [1.82, 2.24) is 0 Å². The molecule has 1 heterocycles. The monoisotopic (exact) mass is 436 g/mol. The minimum atomic E-state index is -1.72. The Balaban J connectivity index is 1.89. The van der Waals surface area contributed by atoms with E-state index in [1.165, 1.54) is 24.3 Å². The molecule has 1 aliphatic heterocycles. The van der Waals surface area contributed by atoms with Crippen LogP contribution in [0.15, 0.2) is 42.5 Å². The number of phenols is 3. The van der Waals surface area contributed by atoms with Gasteiger partial charge in [-0.1, -0.05) is 12.1 Å². The molecule has 0 bridgehead atoms. The highest BCUT2D eigenvalue weighted by molar-refractivity contribution is 6.02. The standard InChI is InChI=1S/C21H24O10/c22-9-16-18(27)19(28)20(29)21(31-16)30-15(7-10-1-3-11(23)4-2-10)17(26)13-6-5-12(24)8-14(13)25/h1-6,8,15-16,18-25,27-29H,7,9H2/t15?,16?,18-,19+,20?,21-/m1/s1. The molecule has 3 unspecified atom stereocenters. The van der Waals surface area contributed by atoms with Crippen LogP contribution in [-0.4, -0.2) is 84.9 Å². The zero-order valence-corrected chi connectivity index (χ0v) is 16.3. The van der Waals surface area contributed by atoms with Crippen molar-refractivity contribution in [2.45, 2.75) is 43.2 Å². The SMILES string of the molecule is O=C(c1ccc(O)cc1O)C(Cc1ccc(O)cc1)O[C@@H]1OC(CO)[C@@H](O)[C@H](O)C1O. The Labute approximate surface area is 177 Å². The van der Waals surface area contributed by atoms with Crippen molar-refractivity contribution >= 4 is 5.78 Å². The number of rotatable bonds is 7. The highest BCUT2D eigenvalue weighted by Crippen LogP contribution is 2.28. The van der Waals surface area contributed by atoms with Gasteiger partial charge in [0.05, 0.1) is 12.2 Å². The molecule has 10 heteroatoms. The number of carbonyl (C=O) groups is 1. The predicted octanol–water partition coefficient (Wildman–Crippen LogP) is -0.586. The first-order chi connectivity index (χ1) is 14.7. The molecule has 0 aromatic heterocycles. The van der Waals surface area contributed by atoms with E-state index in [1.807, 2.05) is 0 Å². The summed E-state index contributed by atoms with van der Waals surface area (Å²) in [7, 11) is 0. The van der Waals surface area contributed by atoms with Crippen molar-refractivity contribution in [1.29, 1.82) is 0 Å².